The maximum atomic E-state index is 11.5. The topological polar surface area (TPSA) is 35.5 Å². The van der Waals surface area contributed by atoms with Crippen molar-refractivity contribution in [3.05, 3.63) is 29.8 Å². The van der Waals surface area contributed by atoms with Gasteiger partial charge in [0.1, 0.15) is 18.5 Å². The van der Waals surface area contributed by atoms with Crippen molar-refractivity contribution in [2.24, 2.45) is 5.92 Å². The number of benzene rings is 1. The van der Waals surface area contributed by atoms with E-state index in [1.807, 2.05) is 39.0 Å². The van der Waals surface area contributed by atoms with Crippen molar-refractivity contribution < 1.29 is 14.3 Å². The van der Waals surface area contributed by atoms with Gasteiger partial charge in [0.2, 0.25) is 0 Å². The Balaban J connectivity index is 2.59. The molecule has 3 nitrogen and oxygen atoms in total. The van der Waals surface area contributed by atoms with Crippen molar-refractivity contribution in [2.45, 2.75) is 53.1 Å². The van der Waals surface area contributed by atoms with E-state index in [9.17, 15) is 4.79 Å². The van der Waals surface area contributed by atoms with E-state index in [4.69, 9.17) is 9.47 Å². The summed E-state index contributed by atoms with van der Waals surface area (Å²) in [5.74, 6) is 1.05. The van der Waals surface area contributed by atoms with Crippen molar-refractivity contribution in [3.8, 4) is 5.75 Å². The molecule has 0 N–H and O–H groups in total. The molecule has 0 bridgehead atoms. The minimum Gasteiger partial charge on any atom is -0.489 e. The lowest BCUT2D eigenvalue weighted by atomic mass is 9.98. The molecule has 2 atom stereocenters. The number of hydrogen-bond acceptors (Lipinski definition) is 3. The molecule has 0 aromatic heterocycles. The summed E-state index contributed by atoms with van der Waals surface area (Å²) >= 11 is 0. The van der Waals surface area contributed by atoms with E-state index in [1.165, 1.54) is 5.56 Å². The Morgan fingerprint density at radius 2 is 1.80 bits per heavy atom. The molecule has 3 heteroatoms. The normalized spacial score (nSPS) is 13.9. The Bertz CT molecular complexity index is 426. The monoisotopic (exact) mass is 278 g/mol. The van der Waals surface area contributed by atoms with Crippen LogP contribution < -0.4 is 4.74 Å². The molecule has 0 aliphatic heterocycles. The molecule has 0 aliphatic rings. The van der Waals surface area contributed by atoms with E-state index < -0.39 is 0 Å². The van der Waals surface area contributed by atoms with E-state index in [1.54, 1.807) is 0 Å². The van der Waals surface area contributed by atoms with Crippen LogP contribution in [0, 0.1) is 5.92 Å². The number of rotatable bonds is 7. The summed E-state index contributed by atoms with van der Waals surface area (Å²) < 4.78 is 11.1. The molecule has 20 heavy (non-hydrogen) atoms. The van der Waals surface area contributed by atoms with Gasteiger partial charge in [0.25, 0.3) is 0 Å². The fourth-order valence-electron chi connectivity index (χ4n) is 1.81. The average molecular weight is 278 g/mol. The van der Waals surface area contributed by atoms with Gasteiger partial charge >= 0.3 is 5.97 Å². The van der Waals surface area contributed by atoms with Gasteiger partial charge in [0.05, 0.1) is 5.92 Å². The summed E-state index contributed by atoms with van der Waals surface area (Å²) in [6.45, 7) is 10.2. The van der Waals surface area contributed by atoms with Crippen molar-refractivity contribution >= 4 is 5.97 Å². The number of carbonyl (C=O) groups is 1. The van der Waals surface area contributed by atoms with Crippen LogP contribution in [0.4, 0.5) is 0 Å². The lowest BCUT2D eigenvalue weighted by molar-refractivity contribution is -0.153. The molecular weight excluding hydrogens is 252 g/mol. The second-order valence-electron chi connectivity index (χ2n) is 5.56. The highest BCUT2D eigenvalue weighted by Gasteiger charge is 2.15. The highest BCUT2D eigenvalue weighted by Crippen LogP contribution is 2.28. The fraction of sp³-hybridized carbons (Fsp3) is 0.588. The van der Waals surface area contributed by atoms with Gasteiger partial charge in [-0.1, -0.05) is 45.9 Å². The Hall–Kier alpha value is -1.51. The third-order valence-corrected chi connectivity index (χ3v) is 3.32. The third kappa shape index (κ3) is 4.87. The van der Waals surface area contributed by atoms with Crippen LogP contribution >= 0.6 is 0 Å². The molecule has 0 amide bonds. The minimum absolute atomic E-state index is 0.107. The van der Waals surface area contributed by atoms with Crippen molar-refractivity contribution in [3.63, 3.8) is 0 Å². The largest absolute Gasteiger partial charge is 0.489 e. The summed E-state index contributed by atoms with van der Waals surface area (Å²) in [4.78, 5) is 11.5. The van der Waals surface area contributed by atoms with Gasteiger partial charge in [-0.25, -0.2) is 0 Å². The van der Waals surface area contributed by atoms with E-state index >= 15 is 0 Å². The first-order chi connectivity index (χ1) is 9.45. The second kappa shape index (κ2) is 7.93. The van der Waals surface area contributed by atoms with Crippen LogP contribution in [0.2, 0.25) is 0 Å². The van der Waals surface area contributed by atoms with E-state index in [0.717, 1.165) is 12.2 Å². The lowest BCUT2D eigenvalue weighted by Crippen LogP contribution is -2.24. The number of carbonyl (C=O) groups excluding carboxylic acids is 1. The predicted molar refractivity (Wildman–Crippen MR) is 81.0 cm³/mol. The van der Waals surface area contributed by atoms with Gasteiger partial charge in [-0.15, -0.1) is 0 Å². The van der Waals surface area contributed by atoms with Crippen molar-refractivity contribution in [1.82, 2.24) is 0 Å². The summed E-state index contributed by atoms with van der Waals surface area (Å²) in [5, 5.41) is 0. The van der Waals surface area contributed by atoms with Gasteiger partial charge in [0.15, 0.2) is 0 Å². The van der Waals surface area contributed by atoms with E-state index in [0.29, 0.717) is 12.5 Å². The van der Waals surface area contributed by atoms with Gasteiger partial charge in [-0.2, -0.15) is 0 Å². The van der Waals surface area contributed by atoms with Crippen LogP contribution in [0.3, 0.4) is 0 Å². The molecule has 1 rings (SSSR count). The quantitative estimate of drug-likeness (QED) is 0.702. The minimum atomic E-state index is -0.241. The molecule has 0 fully saturated rings. The molecule has 0 radical (unpaired) electrons. The van der Waals surface area contributed by atoms with E-state index in [2.05, 4.69) is 19.9 Å². The Morgan fingerprint density at radius 3 is 2.40 bits per heavy atom. The summed E-state index contributed by atoms with van der Waals surface area (Å²) in [6.07, 6.45) is 0.827. The van der Waals surface area contributed by atoms with Crippen molar-refractivity contribution in [2.75, 3.05) is 6.61 Å². The lowest BCUT2D eigenvalue weighted by Gasteiger charge is -2.19. The Kier molecular flexibility index (Phi) is 6.56. The van der Waals surface area contributed by atoms with Crippen LogP contribution in [-0.4, -0.2) is 18.7 Å². The van der Waals surface area contributed by atoms with Crippen LogP contribution in [0.25, 0.3) is 0 Å². The first-order valence-corrected chi connectivity index (χ1v) is 7.37. The Labute approximate surface area is 122 Å². The highest BCUT2D eigenvalue weighted by molar-refractivity contribution is 5.71. The molecule has 0 unspecified atom stereocenters. The molecule has 0 aliphatic carbocycles. The van der Waals surface area contributed by atoms with Crippen LogP contribution in [0.1, 0.15) is 52.5 Å². The molecule has 1 aromatic carbocycles. The fourth-order valence-corrected chi connectivity index (χ4v) is 1.81. The maximum Gasteiger partial charge on any atom is 0.308 e. The Morgan fingerprint density at radius 1 is 1.15 bits per heavy atom. The predicted octanol–water partition coefficient (Wildman–Crippen LogP) is 4.17. The van der Waals surface area contributed by atoms with Gasteiger partial charge in [-0.3, -0.25) is 4.79 Å². The van der Waals surface area contributed by atoms with Gasteiger partial charge < -0.3 is 9.47 Å². The molecular formula is C17H26O3. The van der Waals surface area contributed by atoms with Crippen LogP contribution in [-0.2, 0) is 9.53 Å². The summed E-state index contributed by atoms with van der Waals surface area (Å²) in [5.41, 5.74) is 1.21. The van der Waals surface area contributed by atoms with Crippen LogP contribution in [0.5, 0.6) is 5.75 Å². The van der Waals surface area contributed by atoms with Gasteiger partial charge in [0, 0.05) is 0 Å². The zero-order valence-corrected chi connectivity index (χ0v) is 13.2. The molecule has 0 saturated carbocycles. The summed E-state index contributed by atoms with van der Waals surface area (Å²) in [6, 6.07) is 8.05. The standard InChI is InChI=1S/C17H26O3/c1-6-13(4)15-9-7-8-10-16(15)19-11-14(5)20-17(18)12(2)3/h7-10,12-14H,6,11H2,1-5H3/t13-,14+/m1/s1. The third-order valence-electron chi connectivity index (χ3n) is 3.32. The highest BCUT2D eigenvalue weighted by atomic mass is 16.6. The zero-order valence-electron chi connectivity index (χ0n) is 13.2. The van der Waals surface area contributed by atoms with Crippen molar-refractivity contribution in [1.29, 1.82) is 0 Å². The zero-order chi connectivity index (χ0) is 15.1. The van der Waals surface area contributed by atoms with E-state index in [-0.39, 0.29) is 18.0 Å². The second-order valence-corrected chi connectivity index (χ2v) is 5.56. The molecule has 0 spiro atoms. The SMILES string of the molecule is CC[C@@H](C)c1ccccc1OC[C@H](C)OC(=O)C(C)C. The molecule has 112 valence electrons. The summed E-state index contributed by atoms with van der Waals surface area (Å²) in [7, 11) is 0. The number of ether oxygens (including phenoxy) is 2. The smallest absolute Gasteiger partial charge is 0.308 e. The molecule has 0 saturated heterocycles. The van der Waals surface area contributed by atoms with Gasteiger partial charge in [-0.05, 0) is 30.9 Å². The number of para-hydroxylation sites is 1. The first kappa shape index (κ1) is 16.5. The first-order valence-electron chi connectivity index (χ1n) is 7.37. The number of hydrogen-bond donors (Lipinski definition) is 0. The molecule has 1 aromatic rings. The average Bonchev–Trinajstić information content (AvgIpc) is 2.44. The maximum absolute atomic E-state index is 11.5. The number of esters is 1. The molecule has 0 heterocycles. The van der Waals surface area contributed by atoms with Crippen LogP contribution in [0.15, 0.2) is 24.3 Å².